The Morgan fingerprint density at radius 2 is 1.95 bits per heavy atom. The molecule has 2 rings (SSSR count). The summed E-state index contributed by atoms with van der Waals surface area (Å²) in [6, 6.07) is 6.85. The van der Waals surface area contributed by atoms with Gasteiger partial charge in [0, 0.05) is 16.6 Å². The zero-order chi connectivity index (χ0) is 16.1. The normalized spacial score (nSPS) is 13.6. The van der Waals surface area contributed by atoms with Gasteiger partial charge in [-0.1, -0.05) is 25.4 Å². The van der Waals surface area contributed by atoms with Crippen LogP contribution in [0.1, 0.15) is 39.7 Å². The van der Waals surface area contributed by atoms with Crippen LogP contribution in [0.4, 0.5) is 0 Å². The highest BCUT2D eigenvalue weighted by Crippen LogP contribution is 2.18. The minimum atomic E-state index is -0.456. The maximum atomic E-state index is 12.3. The van der Waals surface area contributed by atoms with Crippen molar-refractivity contribution in [3.8, 4) is 11.4 Å². The van der Waals surface area contributed by atoms with E-state index in [0.717, 1.165) is 12.0 Å². The Bertz CT molecular complexity index is 625. The van der Waals surface area contributed by atoms with Crippen LogP contribution in [0.15, 0.2) is 24.3 Å². The lowest BCUT2D eigenvalue weighted by molar-refractivity contribution is -0.125. The first kappa shape index (κ1) is 16.4. The number of carbonyl (C=O) groups is 1. The van der Waals surface area contributed by atoms with E-state index in [4.69, 9.17) is 11.6 Å². The fourth-order valence-corrected chi connectivity index (χ4v) is 2.09. The lowest BCUT2D eigenvalue weighted by Gasteiger charge is -2.17. The van der Waals surface area contributed by atoms with E-state index in [1.165, 1.54) is 4.80 Å². The van der Waals surface area contributed by atoms with Crippen molar-refractivity contribution >= 4 is 17.5 Å². The fourth-order valence-electron chi connectivity index (χ4n) is 1.97. The van der Waals surface area contributed by atoms with Crippen molar-refractivity contribution in [3.63, 3.8) is 0 Å². The van der Waals surface area contributed by atoms with Crippen LogP contribution in [0.3, 0.4) is 0 Å². The van der Waals surface area contributed by atoms with E-state index in [1.54, 1.807) is 12.1 Å². The molecule has 1 N–H and O–H groups in total. The lowest BCUT2D eigenvalue weighted by atomic mass is 10.2. The number of rotatable bonds is 6. The van der Waals surface area contributed by atoms with Crippen LogP contribution in [-0.4, -0.2) is 32.2 Å². The predicted octanol–water partition coefficient (Wildman–Crippen LogP) is 2.86. The predicted molar refractivity (Wildman–Crippen MR) is 85.5 cm³/mol. The van der Waals surface area contributed by atoms with Gasteiger partial charge in [0.05, 0.1) is 0 Å². The third kappa shape index (κ3) is 3.82. The molecule has 6 nitrogen and oxygen atoms in total. The molecule has 2 atom stereocenters. The van der Waals surface area contributed by atoms with Gasteiger partial charge in [-0.05, 0) is 49.2 Å². The molecule has 0 aliphatic rings. The molecule has 0 aliphatic heterocycles. The van der Waals surface area contributed by atoms with Crippen molar-refractivity contribution < 1.29 is 4.79 Å². The number of aromatic nitrogens is 4. The third-order valence-electron chi connectivity index (χ3n) is 3.50. The first-order valence-corrected chi connectivity index (χ1v) is 7.78. The second-order valence-electron chi connectivity index (χ2n) is 5.18. The molecule has 2 unspecified atom stereocenters. The Kier molecular flexibility index (Phi) is 5.49. The molecule has 0 aliphatic carbocycles. The second kappa shape index (κ2) is 7.35. The van der Waals surface area contributed by atoms with Crippen LogP contribution in [0.25, 0.3) is 11.4 Å². The number of hydrogen-bond acceptors (Lipinski definition) is 4. The van der Waals surface area contributed by atoms with Gasteiger partial charge in [0.2, 0.25) is 11.7 Å². The minimum absolute atomic E-state index is 0.0862. The summed E-state index contributed by atoms with van der Waals surface area (Å²) in [7, 11) is 0. The van der Waals surface area contributed by atoms with Crippen molar-refractivity contribution in [1.82, 2.24) is 25.5 Å². The fraction of sp³-hybridized carbons (Fsp3) is 0.467. The molecule has 0 saturated carbocycles. The molecule has 118 valence electrons. The van der Waals surface area contributed by atoms with E-state index in [-0.39, 0.29) is 11.9 Å². The van der Waals surface area contributed by atoms with Gasteiger partial charge in [-0.15, -0.1) is 10.2 Å². The van der Waals surface area contributed by atoms with E-state index in [9.17, 15) is 4.79 Å². The number of tetrazole rings is 1. The van der Waals surface area contributed by atoms with Gasteiger partial charge in [-0.3, -0.25) is 4.79 Å². The maximum Gasteiger partial charge on any atom is 0.247 e. The van der Waals surface area contributed by atoms with Gasteiger partial charge in [-0.2, -0.15) is 4.80 Å². The quantitative estimate of drug-likeness (QED) is 0.888. The van der Waals surface area contributed by atoms with Crippen LogP contribution in [0.2, 0.25) is 5.02 Å². The zero-order valence-electron chi connectivity index (χ0n) is 13.0. The van der Waals surface area contributed by atoms with Crippen LogP contribution in [-0.2, 0) is 4.79 Å². The molecule has 0 radical (unpaired) electrons. The Morgan fingerprint density at radius 3 is 2.55 bits per heavy atom. The van der Waals surface area contributed by atoms with Crippen LogP contribution in [0, 0.1) is 0 Å². The number of nitrogens with zero attached hydrogens (tertiary/aromatic N) is 4. The van der Waals surface area contributed by atoms with Crippen molar-refractivity contribution in [2.75, 3.05) is 0 Å². The highest BCUT2D eigenvalue weighted by molar-refractivity contribution is 6.30. The summed E-state index contributed by atoms with van der Waals surface area (Å²) in [4.78, 5) is 13.7. The van der Waals surface area contributed by atoms with Gasteiger partial charge in [0.1, 0.15) is 0 Å². The number of nitrogens with one attached hydrogen (secondary N) is 1. The number of hydrogen-bond donors (Lipinski definition) is 1. The molecule has 0 fully saturated rings. The summed E-state index contributed by atoms with van der Waals surface area (Å²) in [5.74, 6) is 0.392. The molecule has 1 aromatic heterocycles. The number of halogens is 1. The third-order valence-corrected chi connectivity index (χ3v) is 3.75. The summed E-state index contributed by atoms with van der Waals surface area (Å²) in [6.07, 6.45) is 1.47. The Hall–Kier alpha value is -1.95. The van der Waals surface area contributed by atoms with E-state index >= 15 is 0 Å². The molecule has 7 heteroatoms. The molecule has 1 aromatic carbocycles. The van der Waals surface area contributed by atoms with E-state index in [1.807, 2.05) is 32.9 Å². The van der Waals surface area contributed by atoms with Gasteiger partial charge >= 0.3 is 0 Å². The van der Waals surface area contributed by atoms with Crippen LogP contribution < -0.4 is 5.32 Å². The number of carbonyl (C=O) groups excluding carboxylic acids is 1. The SMILES string of the molecule is CCC(C)NC(=O)C(CC)n1nnc(-c2ccc(Cl)cc2)n1. The van der Waals surface area contributed by atoms with Gasteiger partial charge in [0.25, 0.3) is 0 Å². The Morgan fingerprint density at radius 1 is 1.27 bits per heavy atom. The number of amides is 1. The smallest absolute Gasteiger partial charge is 0.247 e. The van der Waals surface area contributed by atoms with Crippen molar-refractivity contribution in [1.29, 1.82) is 0 Å². The molecule has 22 heavy (non-hydrogen) atoms. The molecule has 0 saturated heterocycles. The van der Waals surface area contributed by atoms with Gasteiger partial charge in [-0.25, -0.2) is 0 Å². The molecular formula is C15H20ClN5O. The van der Waals surface area contributed by atoms with Crippen molar-refractivity contribution in [3.05, 3.63) is 29.3 Å². The van der Waals surface area contributed by atoms with E-state index in [2.05, 4.69) is 20.7 Å². The summed E-state index contributed by atoms with van der Waals surface area (Å²) in [5, 5.41) is 16.0. The molecule has 2 aromatic rings. The average Bonchev–Trinajstić information content (AvgIpc) is 2.98. The summed E-state index contributed by atoms with van der Waals surface area (Å²) in [6.45, 7) is 5.92. The standard InChI is InChI=1S/C15H20ClN5O/c1-4-10(3)17-15(22)13(5-2)21-19-14(18-20-21)11-6-8-12(16)9-7-11/h6-10,13H,4-5H2,1-3H3,(H,17,22). The molecule has 0 spiro atoms. The van der Waals surface area contributed by atoms with Crippen LogP contribution in [0.5, 0.6) is 0 Å². The largest absolute Gasteiger partial charge is 0.352 e. The Labute approximate surface area is 134 Å². The van der Waals surface area contributed by atoms with E-state index in [0.29, 0.717) is 17.3 Å². The first-order chi connectivity index (χ1) is 10.5. The van der Waals surface area contributed by atoms with Gasteiger partial charge < -0.3 is 5.32 Å². The molecule has 0 bridgehead atoms. The molecule has 1 amide bonds. The van der Waals surface area contributed by atoms with E-state index < -0.39 is 6.04 Å². The highest BCUT2D eigenvalue weighted by atomic mass is 35.5. The first-order valence-electron chi connectivity index (χ1n) is 7.41. The van der Waals surface area contributed by atoms with Crippen molar-refractivity contribution in [2.45, 2.75) is 45.7 Å². The summed E-state index contributed by atoms with van der Waals surface area (Å²) in [5.41, 5.74) is 0.813. The summed E-state index contributed by atoms with van der Waals surface area (Å²) >= 11 is 5.87. The molecule has 1 heterocycles. The highest BCUT2D eigenvalue weighted by Gasteiger charge is 2.22. The van der Waals surface area contributed by atoms with Gasteiger partial charge in [0.15, 0.2) is 6.04 Å². The Balaban J connectivity index is 2.17. The molecular weight excluding hydrogens is 302 g/mol. The van der Waals surface area contributed by atoms with Crippen molar-refractivity contribution in [2.24, 2.45) is 0 Å². The minimum Gasteiger partial charge on any atom is -0.352 e. The monoisotopic (exact) mass is 321 g/mol. The zero-order valence-corrected chi connectivity index (χ0v) is 13.7. The summed E-state index contributed by atoms with van der Waals surface area (Å²) < 4.78 is 0. The van der Waals surface area contributed by atoms with Crippen LogP contribution >= 0.6 is 11.6 Å². The average molecular weight is 322 g/mol. The maximum absolute atomic E-state index is 12.3. The topological polar surface area (TPSA) is 72.7 Å². The number of benzene rings is 1. The second-order valence-corrected chi connectivity index (χ2v) is 5.62. The lowest BCUT2D eigenvalue weighted by Crippen LogP contribution is -2.38.